The topological polar surface area (TPSA) is 76.5 Å². The highest BCUT2D eigenvalue weighted by molar-refractivity contribution is 5.94. The summed E-state index contributed by atoms with van der Waals surface area (Å²) in [5.74, 6) is -0.0143. The zero-order valence-electron chi connectivity index (χ0n) is 16.1. The summed E-state index contributed by atoms with van der Waals surface area (Å²) in [6.45, 7) is 1.98. The maximum atomic E-state index is 12.7. The lowest BCUT2D eigenvalue weighted by Crippen LogP contribution is -2.54. The number of ether oxygens (including phenoxy) is 1. The Bertz CT molecular complexity index is 840. The third-order valence-electron chi connectivity index (χ3n) is 5.78. The summed E-state index contributed by atoms with van der Waals surface area (Å²) in [6, 6.07) is 9.48. The van der Waals surface area contributed by atoms with E-state index in [0.717, 1.165) is 31.2 Å². The Morgan fingerprint density at radius 2 is 1.93 bits per heavy atom. The van der Waals surface area contributed by atoms with Crippen molar-refractivity contribution in [3.05, 3.63) is 53.9 Å². The van der Waals surface area contributed by atoms with Crippen LogP contribution in [0.5, 0.6) is 0 Å². The van der Waals surface area contributed by atoms with E-state index in [1.165, 1.54) is 0 Å². The van der Waals surface area contributed by atoms with E-state index in [9.17, 15) is 9.59 Å². The molecule has 1 aromatic heterocycles. The number of nitrogens with zero attached hydrogens (tertiary/aromatic N) is 3. The first-order chi connectivity index (χ1) is 13.5. The van der Waals surface area contributed by atoms with Gasteiger partial charge in [0.15, 0.2) is 0 Å². The van der Waals surface area contributed by atoms with Gasteiger partial charge in [-0.15, -0.1) is 0 Å². The first-order valence-electron chi connectivity index (χ1n) is 9.82. The zero-order chi connectivity index (χ0) is 19.6. The van der Waals surface area contributed by atoms with Crippen LogP contribution in [0, 0.1) is 0 Å². The Labute approximate surface area is 164 Å². The van der Waals surface area contributed by atoms with E-state index in [4.69, 9.17) is 4.74 Å². The number of carbonyl (C=O) groups is 2. The highest BCUT2D eigenvalue weighted by Gasteiger charge is 2.41. The van der Waals surface area contributed by atoms with Gasteiger partial charge in [-0.05, 0) is 37.8 Å². The van der Waals surface area contributed by atoms with E-state index in [-0.39, 0.29) is 23.5 Å². The maximum Gasteiger partial charge on any atom is 0.254 e. The minimum atomic E-state index is -0.251. The molecular weight excluding hydrogens is 356 g/mol. The van der Waals surface area contributed by atoms with Gasteiger partial charge in [-0.1, -0.05) is 18.2 Å². The number of hydrogen-bond acceptors (Lipinski definition) is 4. The maximum absolute atomic E-state index is 12.7. The number of likely N-dealkylation sites (tertiary alicyclic amines) is 1. The van der Waals surface area contributed by atoms with Gasteiger partial charge in [0.05, 0.1) is 17.4 Å². The number of amides is 2. The molecule has 7 heteroatoms. The molecule has 1 N–H and O–H groups in total. The molecule has 4 rings (SSSR count). The predicted octanol–water partition coefficient (Wildman–Crippen LogP) is 2.00. The van der Waals surface area contributed by atoms with Crippen LogP contribution in [0.2, 0.25) is 0 Å². The van der Waals surface area contributed by atoms with Crippen LogP contribution in [0.3, 0.4) is 0 Å². The van der Waals surface area contributed by atoms with Crippen molar-refractivity contribution in [2.75, 3.05) is 19.7 Å². The first kappa shape index (κ1) is 18.7. The molecular formula is C21H26N4O3. The smallest absolute Gasteiger partial charge is 0.254 e. The number of aryl methyl sites for hydroxylation is 1. The van der Waals surface area contributed by atoms with Gasteiger partial charge in [0.1, 0.15) is 0 Å². The molecule has 2 saturated heterocycles. The van der Waals surface area contributed by atoms with Crippen LogP contribution in [-0.2, 0) is 11.8 Å². The van der Waals surface area contributed by atoms with Gasteiger partial charge in [0, 0.05) is 44.5 Å². The van der Waals surface area contributed by atoms with E-state index in [1.807, 2.05) is 35.2 Å². The highest BCUT2D eigenvalue weighted by Crippen LogP contribution is 2.35. The van der Waals surface area contributed by atoms with Crippen molar-refractivity contribution in [1.29, 1.82) is 0 Å². The molecule has 28 heavy (non-hydrogen) atoms. The number of rotatable bonds is 3. The molecule has 0 saturated carbocycles. The lowest BCUT2D eigenvalue weighted by molar-refractivity contribution is -0.114. The van der Waals surface area contributed by atoms with E-state index in [0.29, 0.717) is 25.3 Å². The lowest BCUT2D eigenvalue weighted by atomic mass is 9.82. The largest absolute Gasteiger partial charge is 0.375 e. The Hall–Kier alpha value is -2.67. The molecule has 1 spiro atoms. The number of piperidine rings is 1. The lowest BCUT2D eigenvalue weighted by Gasteiger charge is -2.46. The fourth-order valence-corrected chi connectivity index (χ4v) is 4.19. The summed E-state index contributed by atoms with van der Waals surface area (Å²) in [5.41, 5.74) is 1.05. The van der Waals surface area contributed by atoms with Gasteiger partial charge >= 0.3 is 0 Å². The van der Waals surface area contributed by atoms with Crippen molar-refractivity contribution >= 4 is 11.8 Å². The second-order valence-electron chi connectivity index (χ2n) is 7.76. The number of carbonyl (C=O) groups excluding carboxylic acids is 2. The molecule has 7 nitrogen and oxygen atoms in total. The van der Waals surface area contributed by atoms with Crippen molar-refractivity contribution in [3.63, 3.8) is 0 Å². The molecule has 1 unspecified atom stereocenters. The Balaban J connectivity index is 1.34. The quantitative estimate of drug-likeness (QED) is 0.881. The van der Waals surface area contributed by atoms with Gasteiger partial charge in [0.2, 0.25) is 0 Å². The van der Waals surface area contributed by atoms with Crippen molar-refractivity contribution in [2.45, 2.75) is 37.3 Å². The predicted molar refractivity (Wildman–Crippen MR) is 104 cm³/mol. The molecule has 3 heterocycles. The zero-order valence-corrected chi connectivity index (χ0v) is 16.1. The Kier molecular flexibility index (Phi) is 5.17. The van der Waals surface area contributed by atoms with Crippen LogP contribution >= 0.6 is 0 Å². The molecule has 0 aliphatic carbocycles. The fraction of sp³-hybridized carbons (Fsp3) is 0.476. The average molecular weight is 382 g/mol. The fourth-order valence-electron chi connectivity index (χ4n) is 4.19. The molecule has 2 amide bonds. The summed E-state index contributed by atoms with van der Waals surface area (Å²) in [5, 5.41) is 7.18. The standard InChI is InChI=1S/C21H26N4O3/c1-24-15-17(14-22-24)19(26)23-18-7-12-28-21(13-18)8-10-25(11-9-21)20(27)16-5-3-2-4-6-16/h2-6,14-15,18H,7-13H2,1H3,(H,23,26). The molecule has 2 aromatic rings. The number of hydrogen-bond donors (Lipinski definition) is 1. The summed E-state index contributed by atoms with van der Waals surface area (Å²) >= 11 is 0. The van der Waals surface area contributed by atoms with Crippen LogP contribution in [0.4, 0.5) is 0 Å². The molecule has 1 aromatic carbocycles. The van der Waals surface area contributed by atoms with Gasteiger partial charge in [-0.3, -0.25) is 14.3 Å². The molecule has 2 aliphatic heterocycles. The average Bonchev–Trinajstić information content (AvgIpc) is 3.15. The van der Waals surface area contributed by atoms with Gasteiger partial charge < -0.3 is 15.0 Å². The van der Waals surface area contributed by atoms with Crippen molar-refractivity contribution in [3.8, 4) is 0 Å². The van der Waals surface area contributed by atoms with Gasteiger partial charge in [-0.2, -0.15) is 5.10 Å². The van der Waals surface area contributed by atoms with Crippen LogP contribution in [0.25, 0.3) is 0 Å². The van der Waals surface area contributed by atoms with Gasteiger partial charge in [-0.25, -0.2) is 0 Å². The van der Waals surface area contributed by atoms with Crippen molar-refractivity contribution in [1.82, 2.24) is 20.0 Å². The van der Waals surface area contributed by atoms with Gasteiger partial charge in [0.25, 0.3) is 11.8 Å². The van der Waals surface area contributed by atoms with Crippen LogP contribution < -0.4 is 5.32 Å². The van der Waals surface area contributed by atoms with E-state index in [1.54, 1.807) is 24.1 Å². The SMILES string of the molecule is Cn1cc(C(=O)NC2CCOC3(CCN(C(=O)c4ccccc4)CC3)C2)cn1. The minimum absolute atomic E-state index is 0.0766. The molecule has 2 aliphatic rings. The molecule has 0 bridgehead atoms. The van der Waals surface area contributed by atoms with E-state index in [2.05, 4.69) is 10.4 Å². The first-order valence-corrected chi connectivity index (χ1v) is 9.82. The van der Waals surface area contributed by atoms with Crippen LogP contribution in [0.15, 0.2) is 42.7 Å². The molecule has 1 atom stereocenters. The van der Waals surface area contributed by atoms with Crippen molar-refractivity contribution in [2.24, 2.45) is 7.05 Å². The van der Waals surface area contributed by atoms with Crippen LogP contribution in [-0.4, -0.2) is 57.8 Å². The van der Waals surface area contributed by atoms with Crippen molar-refractivity contribution < 1.29 is 14.3 Å². The minimum Gasteiger partial charge on any atom is -0.375 e. The number of benzene rings is 1. The number of nitrogens with one attached hydrogen (secondary N) is 1. The second-order valence-corrected chi connectivity index (χ2v) is 7.76. The molecule has 148 valence electrons. The van der Waals surface area contributed by atoms with E-state index < -0.39 is 0 Å². The highest BCUT2D eigenvalue weighted by atomic mass is 16.5. The summed E-state index contributed by atoms with van der Waals surface area (Å²) in [7, 11) is 1.80. The van der Waals surface area contributed by atoms with E-state index >= 15 is 0 Å². The number of aromatic nitrogens is 2. The second kappa shape index (κ2) is 7.75. The Morgan fingerprint density at radius 1 is 1.18 bits per heavy atom. The Morgan fingerprint density at radius 3 is 2.61 bits per heavy atom. The third-order valence-corrected chi connectivity index (χ3v) is 5.78. The summed E-state index contributed by atoms with van der Waals surface area (Å²) in [6.07, 6.45) is 6.48. The molecule has 2 fully saturated rings. The summed E-state index contributed by atoms with van der Waals surface area (Å²) < 4.78 is 7.78. The monoisotopic (exact) mass is 382 g/mol. The molecule has 0 radical (unpaired) electrons. The summed E-state index contributed by atoms with van der Waals surface area (Å²) in [4.78, 5) is 27.0. The van der Waals surface area contributed by atoms with Crippen LogP contribution in [0.1, 0.15) is 46.4 Å². The normalized spacial score (nSPS) is 21.5. The third kappa shape index (κ3) is 3.94.